The van der Waals surface area contributed by atoms with Crippen molar-refractivity contribution in [1.29, 1.82) is 0 Å². The summed E-state index contributed by atoms with van der Waals surface area (Å²) in [5.74, 6) is -0.477. The molecule has 1 saturated heterocycles. The maximum Gasteiger partial charge on any atom is 0.352 e. The second-order valence-electron chi connectivity index (χ2n) is 7.66. The molecule has 150 valence electrons. The maximum atomic E-state index is 12.7. The minimum atomic E-state index is -0.512. The molecule has 4 rings (SSSR count). The van der Waals surface area contributed by atoms with Crippen LogP contribution in [0, 0.1) is 16.0 Å². The topological polar surface area (TPSA) is 87.0 Å². The van der Waals surface area contributed by atoms with Crippen molar-refractivity contribution in [3.05, 3.63) is 43.9 Å². The Morgan fingerprint density at radius 3 is 2.57 bits per heavy atom. The normalized spacial score (nSPS) is 25.8. The molecule has 8 nitrogen and oxygen atoms in total. The van der Waals surface area contributed by atoms with Gasteiger partial charge in [0.2, 0.25) is 0 Å². The number of fused-ring (bicyclic) bond motifs is 1. The number of amides is 2. The molecule has 1 aromatic heterocycles. The van der Waals surface area contributed by atoms with Gasteiger partial charge in [-0.05, 0) is 24.3 Å². The van der Waals surface area contributed by atoms with Crippen LogP contribution >= 0.6 is 11.3 Å². The van der Waals surface area contributed by atoms with Crippen molar-refractivity contribution < 1.29 is 14.5 Å². The summed E-state index contributed by atoms with van der Waals surface area (Å²) in [7, 11) is 1.68. The highest BCUT2D eigenvalue weighted by Gasteiger charge is 2.48. The molecule has 2 amide bonds. The molecule has 1 aliphatic carbocycles. The summed E-state index contributed by atoms with van der Waals surface area (Å²) >= 11 is 1.49. The monoisotopic (exact) mass is 404 g/mol. The minimum absolute atomic E-state index is 0.000578. The maximum absolute atomic E-state index is 12.7. The van der Waals surface area contributed by atoms with Crippen LogP contribution in [-0.2, 0) is 4.79 Å². The Bertz CT molecular complexity index is 814. The van der Waals surface area contributed by atoms with Gasteiger partial charge in [-0.15, -0.1) is 0 Å². The Labute approximate surface area is 167 Å². The lowest BCUT2D eigenvalue weighted by Crippen LogP contribution is -2.56. The number of thiophene rings is 1. The van der Waals surface area contributed by atoms with Crippen LogP contribution in [0.5, 0.6) is 0 Å². The minimum Gasteiger partial charge on any atom is -0.365 e. The number of nitro groups is 1. The van der Waals surface area contributed by atoms with Crippen molar-refractivity contribution in [2.75, 3.05) is 33.2 Å². The van der Waals surface area contributed by atoms with Crippen LogP contribution < -0.4 is 0 Å². The van der Waals surface area contributed by atoms with Crippen molar-refractivity contribution in [1.82, 2.24) is 14.7 Å². The van der Waals surface area contributed by atoms with Crippen LogP contribution in [0.15, 0.2) is 28.2 Å². The van der Waals surface area contributed by atoms with Crippen molar-refractivity contribution in [2.24, 2.45) is 5.92 Å². The molecule has 3 heterocycles. The highest BCUT2D eigenvalue weighted by Crippen LogP contribution is 2.40. The number of carbonyl (C=O) groups is 2. The number of carbonyl (C=O) groups excluding carboxylic acids is 2. The summed E-state index contributed by atoms with van der Waals surface area (Å²) in [6, 6.07) is 1.85. The zero-order valence-electron chi connectivity index (χ0n) is 15.9. The lowest BCUT2D eigenvalue weighted by molar-refractivity contribution is -0.424. The first-order chi connectivity index (χ1) is 13.5. The Kier molecular flexibility index (Phi) is 5.09. The summed E-state index contributed by atoms with van der Waals surface area (Å²) in [6.07, 6.45) is 3.82. The second kappa shape index (κ2) is 7.54. The number of piperazine rings is 1. The van der Waals surface area contributed by atoms with E-state index < -0.39 is 10.8 Å². The molecule has 0 bridgehead atoms. The van der Waals surface area contributed by atoms with Gasteiger partial charge in [-0.25, -0.2) is 0 Å². The third-order valence-corrected chi connectivity index (χ3v) is 6.89. The fourth-order valence-electron chi connectivity index (χ4n) is 4.77. The van der Waals surface area contributed by atoms with Gasteiger partial charge in [0, 0.05) is 50.6 Å². The van der Waals surface area contributed by atoms with E-state index in [2.05, 4.69) is 0 Å². The molecule has 3 aliphatic rings. The standard InChI is InChI=1S/C19H24N4O4S/c1-20-15-5-3-2-4-14(15)16(17(19(20)25)23(26)27)21-7-9-22(10-8-21)18(24)13-6-11-28-12-13/h6,11-12,14-15H,2-5,7-10H2,1H3. The number of nitrogens with zero attached hydrogens (tertiary/aromatic N) is 4. The highest BCUT2D eigenvalue weighted by molar-refractivity contribution is 7.08. The Morgan fingerprint density at radius 1 is 1.21 bits per heavy atom. The summed E-state index contributed by atoms with van der Waals surface area (Å²) in [5.41, 5.74) is 1.01. The van der Waals surface area contributed by atoms with E-state index in [1.165, 1.54) is 11.3 Å². The molecule has 2 aliphatic heterocycles. The lowest BCUT2D eigenvalue weighted by atomic mass is 9.78. The van der Waals surface area contributed by atoms with E-state index in [1.807, 2.05) is 21.7 Å². The first kappa shape index (κ1) is 18.9. The zero-order chi connectivity index (χ0) is 19.8. The predicted molar refractivity (Wildman–Crippen MR) is 104 cm³/mol. The van der Waals surface area contributed by atoms with Crippen LogP contribution in [0.1, 0.15) is 36.0 Å². The van der Waals surface area contributed by atoms with E-state index in [4.69, 9.17) is 0 Å². The van der Waals surface area contributed by atoms with E-state index in [0.717, 1.165) is 25.7 Å². The molecular weight excluding hydrogens is 380 g/mol. The van der Waals surface area contributed by atoms with Crippen LogP contribution in [0.3, 0.4) is 0 Å². The molecule has 2 fully saturated rings. The average Bonchev–Trinajstić information content (AvgIpc) is 3.25. The number of likely N-dealkylation sites (N-methyl/N-ethyl adjacent to an activating group) is 1. The van der Waals surface area contributed by atoms with E-state index in [9.17, 15) is 19.7 Å². The fraction of sp³-hybridized carbons (Fsp3) is 0.579. The van der Waals surface area contributed by atoms with Crippen molar-refractivity contribution >= 4 is 23.2 Å². The van der Waals surface area contributed by atoms with Gasteiger partial charge in [0.1, 0.15) is 5.70 Å². The Morgan fingerprint density at radius 2 is 1.93 bits per heavy atom. The average molecular weight is 404 g/mol. The first-order valence-corrected chi connectivity index (χ1v) is 10.7. The molecule has 9 heteroatoms. The van der Waals surface area contributed by atoms with Crippen molar-refractivity contribution in [3.8, 4) is 0 Å². The van der Waals surface area contributed by atoms with Gasteiger partial charge in [-0.2, -0.15) is 11.3 Å². The molecule has 2 unspecified atom stereocenters. The molecule has 2 atom stereocenters. The summed E-state index contributed by atoms with van der Waals surface area (Å²) in [4.78, 5) is 41.9. The molecule has 0 spiro atoms. The third kappa shape index (κ3) is 3.17. The van der Waals surface area contributed by atoms with Gasteiger partial charge in [0.15, 0.2) is 0 Å². The fourth-order valence-corrected chi connectivity index (χ4v) is 5.40. The van der Waals surface area contributed by atoms with Crippen LogP contribution in [-0.4, -0.2) is 70.7 Å². The smallest absolute Gasteiger partial charge is 0.352 e. The SMILES string of the molecule is CN1C(=O)C([N+](=O)[O-])=C(N2CCN(C(=O)c3ccsc3)CC2)C2CCCCC21. The number of hydrogen-bond acceptors (Lipinski definition) is 6. The highest BCUT2D eigenvalue weighted by atomic mass is 32.1. The van der Waals surface area contributed by atoms with Gasteiger partial charge in [0.05, 0.1) is 10.5 Å². The summed E-state index contributed by atoms with van der Waals surface area (Å²) < 4.78 is 0. The second-order valence-corrected chi connectivity index (χ2v) is 8.44. The molecule has 1 saturated carbocycles. The number of hydrogen-bond donors (Lipinski definition) is 0. The number of rotatable bonds is 3. The molecular formula is C19H24N4O4S. The predicted octanol–water partition coefficient (Wildman–Crippen LogP) is 2.02. The molecule has 0 N–H and O–H groups in total. The first-order valence-electron chi connectivity index (χ1n) is 9.71. The quantitative estimate of drug-likeness (QED) is 0.568. The van der Waals surface area contributed by atoms with E-state index >= 15 is 0 Å². The zero-order valence-corrected chi connectivity index (χ0v) is 16.7. The Balaban J connectivity index is 1.58. The Hall–Kier alpha value is -2.42. The molecule has 0 aromatic carbocycles. The summed E-state index contributed by atoms with van der Waals surface area (Å²) in [6.45, 7) is 2.04. The largest absolute Gasteiger partial charge is 0.365 e. The summed E-state index contributed by atoms with van der Waals surface area (Å²) in [5, 5.41) is 15.5. The van der Waals surface area contributed by atoms with Gasteiger partial charge >= 0.3 is 11.6 Å². The lowest BCUT2D eigenvalue weighted by Gasteiger charge is -2.46. The van der Waals surface area contributed by atoms with Crippen LogP contribution in [0.2, 0.25) is 0 Å². The van der Waals surface area contributed by atoms with Crippen LogP contribution in [0.25, 0.3) is 0 Å². The van der Waals surface area contributed by atoms with Gasteiger partial charge < -0.3 is 14.7 Å². The van der Waals surface area contributed by atoms with E-state index in [0.29, 0.717) is 37.4 Å². The molecule has 28 heavy (non-hydrogen) atoms. The van der Waals surface area contributed by atoms with Gasteiger partial charge in [-0.1, -0.05) is 12.8 Å². The van der Waals surface area contributed by atoms with Gasteiger partial charge in [0.25, 0.3) is 5.91 Å². The van der Waals surface area contributed by atoms with E-state index in [-0.39, 0.29) is 23.6 Å². The van der Waals surface area contributed by atoms with E-state index in [1.54, 1.807) is 16.8 Å². The molecule has 1 aromatic rings. The van der Waals surface area contributed by atoms with Crippen molar-refractivity contribution in [3.63, 3.8) is 0 Å². The van der Waals surface area contributed by atoms with Crippen molar-refractivity contribution in [2.45, 2.75) is 31.7 Å². The molecule has 0 radical (unpaired) electrons. The third-order valence-electron chi connectivity index (χ3n) is 6.20. The van der Waals surface area contributed by atoms with Gasteiger partial charge in [-0.3, -0.25) is 19.7 Å². The van der Waals surface area contributed by atoms with Crippen LogP contribution in [0.4, 0.5) is 0 Å².